The minimum atomic E-state index is -0.206. The van der Waals surface area contributed by atoms with Gasteiger partial charge in [0.25, 0.3) is 0 Å². The maximum absolute atomic E-state index is 12.7. The summed E-state index contributed by atoms with van der Waals surface area (Å²) in [6, 6.07) is 11.5. The molecule has 38 heavy (non-hydrogen) atoms. The SMILES string of the molecule is O=C(CSc1nnnn1-c1ccc(C2CC2)cc1Cl)Nc1ccc(C#CC2(CN3CCCC3)CC2)cc1Cl. The summed E-state index contributed by atoms with van der Waals surface area (Å²) in [6.07, 6.45) is 7.33. The molecule has 0 atom stereocenters. The van der Waals surface area contributed by atoms with Gasteiger partial charge < -0.3 is 10.2 Å². The Morgan fingerprint density at radius 2 is 1.92 bits per heavy atom. The van der Waals surface area contributed by atoms with E-state index >= 15 is 0 Å². The van der Waals surface area contributed by atoms with Crippen LogP contribution in [0.15, 0.2) is 41.6 Å². The normalized spacial score (nSPS) is 18.2. The number of benzene rings is 2. The second-order valence-electron chi connectivity index (χ2n) is 10.4. The summed E-state index contributed by atoms with van der Waals surface area (Å²) in [4.78, 5) is 15.2. The van der Waals surface area contributed by atoms with E-state index < -0.39 is 0 Å². The minimum Gasteiger partial charge on any atom is -0.324 e. The maximum Gasteiger partial charge on any atom is 0.234 e. The molecule has 1 aromatic heterocycles. The number of carbonyl (C=O) groups is 1. The highest BCUT2D eigenvalue weighted by molar-refractivity contribution is 7.99. The first-order chi connectivity index (χ1) is 18.5. The smallest absolute Gasteiger partial charge is 0.234 e. The van der Waals surface area contributed by atoms with Gasteiger partial charge in [-0.25, -0.2) is 0 Å². The molecule has 2 heterocycles. The molecule has 10 heteroatoms. The quantitative estimate of drug-likeness (QED) is 0.274. The highest BCUT2D eigenvalue weighted by Crippen LogP contribution is 2.46. The van der Waals surface area contributed by atoms with Gasteiger partial charge in [0.05, 0.1) is 27.2 Å². The molecule has 0 bridgehead atoms. The van der Waals surface area contributed by atoms with Crippen molar-refractivity contribution in [1.82, 2.24) is 25.1 Å². The molecule has 2 aromatic carbocycles. The third-order valence-electron chi connectivity index (χ3n) is 7.32. The molecule has 3 aromatic rings. The van der Waals surface area contributed by atoms with Crippen molar-refractivity contribution in [1.29, 1.82) is 0 Å². The van der Waals surface area contributed by atoms with Gasteiger partial charge in [-0.1, -0.05) is 52.9 Å². The molecular formula is C28H28Cl2N6OS. The first-order valence-electron chi connectivity index (χ1n) is 13.0. The summed E-state index contributed by atoms with van der Waals surface area (Å²) in [7, 11) is 0. The average Bonchev–Trinajstić information content (AvgIpc) is 3.79. The molecule has 1 amide bonds. The van der Waals surface area contributed by atoms with Gasteiger partial charge in [0.1, 0.15) is 0 Å². The standard InChI is InChI=1S/C28H28Cl2N6OS/c29-22-15-19(9-10-28(11-12-28)18-35-13-1-2-14-35)3-7-24(22)31-26(37)17-38-27-32-33-34-36(27)25-8-6-21(16-23(25)30)20-4-5-20/h3,6-8,15-16,20H,1-2,4-5,11-14,17-18H2,(H,31,37). The van der Waals surface area contributed by atoms with Gasteiger partial charge in [-0.15, -0.1) is 5.10 Å². The van der Waals surface area contributed by atoms with Crippen molar-refractivity contribution in [2.45, 2.75) is 49.6 Å². The zero-order chi connectivity index (χ0) is 26.1. The first-order valence-corrected chi connectivity index (χ1v) is 14.8. The molecule has 7 nitrogen and oxygen atoms in total. The van der Waals surface area contributed by atoms with Crippen LogP contribution in [0.25, 0.3) is 5.69 Å². The van der Waals surface area contributed by atoms with Gasteiger partial charge in [-0.3, -0.25) is 4.79 Å². The zero-order valence-electron chi connectivity index (χ0n) is 20.9. The van der Waals surface area contributed by atoms with E-state index in [1.807, 2.05) is 24.3 Å². The van der Waals surface area contributed by atoms with Crippen LogP contribution in [-0.2, 0) is 4.79 Å². The van der Waals surface area contributed by atoms with E-state index in [1.165, 1.54) is 56.1 Å². The van der Waals surface area contributed by atoms with Crippen molar-refractivity contribution in [2.24, 2.45) is 5.41 Å². The lowest BCUT2D eigenvalue weighted by molar-refractivity contribution is -0.113. The third kappa shape index (κ3) is 6.02. The van der Waals surface area contributed by atoms with Crippen molar-refractivity contribution in [3.63, 3.8) is 0 Å². The molecule has 1 aliphatic heterocycles. The zero-order valence-corrected chi connectivity index (χ0v) is 23.2. The first kappa shape index (κ1) is 25.7. The highest BCUT2D eigenvalue weighted by atomic mass is 35.5. The molecule has 1 saturated heterocycles. The number of nitrogens with zero attached hydrogens (tertiary/aromatic N) is 5. The van der Waals surface area contributed by atoms with Gasteiger partial charge in [0, 0.05) is 17.5 Å². The molecule has 2 aliphatic carbocycles. The summed E-state index contributed by atoms with van der Waals surface area (Å²) in [6.45, 7) is 3.46. The lowest BCUT2D eigenvalue weighted by Gasteiger charge is -2.18. The average molecular weight is 568 g/mol. The highest BCUT2D eigenvalue weighted by Gasteiger charge is 2.42. The predicted molar refractivity (Wildman–Crippen MR) is 151 cm³/mol. The number of amides is 1. The predicted octanol–water partition coefficient (Wildman–Crippen LogP) is 5.80. The molecule has 0 spiro atoms. The number of hydrogen-bond donors (Lipinski definition) is 1. The molecule has 0 radical (unpaired) electrons. The van der Waals surface area contributed by atoms with E-state index in [-0.39, 0.29) is 17.1 Å². The third-order valence-corrected chi connectivity index (χ3v) is 8.85. The number of carbonyl (C=O) groups excluding carboxylic acids is 1. The van der Waals surface area contributed by atoms with Gasteiger partial charge in [0.2, 0.25) is 11.1 Å². The van der Waals surface area contributed by atoms with Crippen LogP contribution in [-0.4, -0.2) is 56.4 Å². The van der Waals surface area contributed by atoms with Crippen molar-refractivity contribution < 1.29 is 4.79 Å². The topological polar surface area (TPSA) is 75.9 Å². The monoisotopic (exact) mass is 566 g/mol. The van der Waals surface area contributed by atoms with Crippen LogP contribution in [0, 0.1) is 17.3 Å². The summed E-state index contributed by atoms with van der Waals surface area (Å²) < 4.78 is 1.56. The van der Waals surface area contributed by atoms with Crippen LogP contribution in [0.1, 0.15) is 55.6 Å². The van der Waals surface area contributed by atoms with Gasteiger partial charge in [-0.05, 0) is 104 Å². The molecule has 6 rings (SSSR count). The lowest BCUT2D eigenvalue weighted by atomic mass is 10.1. The Labute approximate surface area is 236 Å². The molecule has 2 saturated carbocycles. The summed E-state index contributed by atoms with van der Waals surface area (Å²) in [5.41, 5.74) is 3.48. The van der Waals surface area contributed by atoms with Crippen molar-refractivity contribution >= 4 is 46.6 Å². The van der Waals surface area contributed by atoms with Crippen LogP contribution in [0.5, 0.6) is 0 Å². The fraction of sp³-hybridized carbons (Fsp3) is 0.429. The van der Waals surface area contributed by atoms with Crippen molar-refractivity contribution in [2.75, 3.05) is 30.7 Å². The molecular weight excluding hydrogens is 539 g/mol. The second-order valence-corrected chi connectivity index (χ2v) is 12.2. The lowest BCUT2D eigenvalue weighted by Crippen LogP contribution is -2.26. The fourth-order valence-electron chi connectivity index (χ4n) is 4.84. The number of nitrogens with one attached hydrogen (secondary N) is 1. The summed E-state index contributed by atoms with van der Waals surface area (Å²) in [5.74, 6) is 7.33. The van der Waals surface area contributed by atoms with Gasteiger partial charge >= 0.3 is 0 Å². The number of anilines is 1. The van der Waals surface area contributed by atoms with Crippen LogP contribution in [0.4, 0.5) is 5.69 Å². The fourth-order valence-corrected chi connectivity index (χ4v) is 6.02. The minimum absolute atomic E-state index is 0.120. The summed E-state index contributed by atoms with van der Waals surface area (Å²) >= 11 is 14.2. The van der Waals surface area contributed by atoms with Gasteiger partial charge in [-0.2, -0.15) is 4.68 Å². The molecule has 3 aliphatic rings. The number of rotatable bonds is 8. The number of thioether (sulfide) groups is 1. The number of halogens is 2. The van der Waals surface area contributed by atoms with Gasteiger partial charge in [0.15, 0.2) is 0 Å². The Kier molecular flexibility index (Phi) is 7.37. The van der Waals surface area contributed by atoms with Crippen LogP contribution < -0.4 is 5.32 Å². The van der Waals surface area contributed by atoms with Crippen LogP contribution in [0.2, 0.25) is 10.0 Å². The Balaban J connectivity index is 1.05. The van der Waals surface area contributed by atoms with E-state index in [2.05, 4.69) is 43.6 Å². The number of likely N-dealkylation sites (tertiary alicyclic amines) is 1. The Bertz CT molecular complexity index is 1420. The van der Waals surface area contributed by atoms with Crippen LogP contribution in [0.3, 0.4) is 0 Å². The number of tetrazole rings is 1. The van der Waals surface area contributed by atoms with E-state index in [4.69, 9.17) is 23.2 Å². The Morgan fingerprint density at radius 3 is 2.63 bits per heavy atom. The van der Waals surface area contributed by atoms with Crippen molar-refractivity contribution in [3.8, 4) is 17.5 Å². The van der Waals surface area contributed by atoms with E-state index in [0.717, 1.165) is 24.9 Å². The molecule has 1 N–H and O–H groups in total. The molecule has 0 unspecified atom stereocenters. The van der Waals surface area contributed by atoms with E-state index in [0.29, 0.717) is 32.5 Å². The maximum atomic E-state index is 12.7. The largest absolute Gasteiger partial charge is 0.324 e. The number of hydrogen-bond acceptors (Lipinski definition) is 6. The second kappa shape index (κ2) is 10.9. The Morgan fingerprint density at radius 1 is 1.11 bits per heavy atom. The van der Waals surface area contributed by atoms with E-state index in [1.54, 1.807) is 10.7 Å². The number of aromatic nitrogens is 4. The van der Waals surface area contributed by atoms with Crippen LogP contribution >= 0.6 is 35.0 Å². The summed E-state index contributed by atoms with van der Waals surface area (Å²) in [5, 5.41) is 16.3. The Hall–Kier alpha value is -2.57. The van der Waals surface area contributed by atoms with E-state index in [9.17, 15) is 4.79 Å². The molecule has 3 fully saturated rings. The van der Waals surface area contributed by atoms with Crippen molar-refractivity contribution in [3.05, 3.63) is 57.6 Å². The molecule has 196 valence electrons.